The van der Waals surface area contributed by atoms with Crippen LogP contribution in [0.3, 0.4) is 0 Å². The first-order valence-corrected chi connectivity index (χ1v) is 12.5. The fraction of sp³-hybridized carbons (Fsp3) is 0.321. The van der Waals surface area contributed by atoms with Crippen molar-refractivity contribution < 1.29 is 9.90 Å². The van der Waals surface area contributed by atoms with Crippen LogP contribution in [0.25, 0.3) is 10.9 Å². The molecule has 1 amide bonds. The van der Waals surface area contributed by atoms with E-state index in [1.54, 1.807) is 6.20 Å². The number of aryl methyl sites for hydroxylation is 1. The minimum atomic E-state index is -0.916. The second-order valence-electron chi connectivity index (χ2n) is 10.1. The van der Waals surface area contributed by atoms with Gasteiger partial charge < -0.3 is 15.8 Å². The third-order valence-corrected chi connectivity index (χ3v) is 7.38. The number of aliphatic hydroxyl groups is 1. The number of aromatic nitrogens is 3. The van der Waals surface area contributed by atoms with Gasteiger partial charge in [-0.3, -0.25) is 14.5 Å². The van der Waals surface area contributed by atoms with E-state index in [2.05, 4.69) is 26.3 Å². The molecule has 1 aliphatic heterocycles. The van der Waals surface area contributed by atoms with Crippen LogP contribution in [0.4, 0.5) is 5.69 Å². The Kier molecular flexibility index (Phi) is 5.70. The van der Waals surface area contributed by atoms with Gasteiger partial charge in [0.25, 0.3) is 5.91 Å². The molecule has 1 saturated carbocycles. The van der Waals surface area contributed by atoms with Crippen molar-refractivity contribution in [3.05, 3.63) is 89.4 Å². The summed E-state index contributed by atoms with van der Waals surface area (Å²) in [6, 6.07) is 17.6. The monoisotopic (exact) mass is 482 g/mol. The van der Waals surface area contributed by atoms with Crippen LogP contribution in [0, 0.1) is 6.92 Å². The molecule has 3 unspecified atom stereocenters. The summed E-state index contributed by atoms with van der Waals surface area (Å²) in [6.07, 6.45) is 6.52. The Bertz CT molecular complexity index is 1430. The lowest BCUT2D eigenvalue weighted by Gasteiger charge is -2.37. The zero-order chi connectivity index (χ0) is 24.7. The number of anilines is 1. The van der Waals surface area contributed by atoms with Crippen LogP contribution in [-0.4, -0.2) is 37.4 Å². The van der Waals surface area contributed by atoms with E-state index < -0.39 is 5.60 Å². The number of para-hydroxylation sites is 1. The highest BCUT2D eigenvalue weighted by Crippen LogP contribution is 2.34. The van der Waals surface area contributed by atoms with Crippen molar-refractivity contribution in [3.63, 3.8) is 0 Å². The summed E-state index contributed by atoms with van der Waals surface area (Å²) < 4.78 is 1.88. The minimum Gasteiger partial charge on any atom is -0.388 e. The second kappa shape index (κ2) is 9.04. The summed E-state index contributed by atoms with van der Waals surface area (Å²) in [5.41, 5.74) is 11.3. The van der Waals surface area contributed by atoms with Crippen LogP contribution < -0.4 is 16.2 Å². The number of carbonyl (C=O) groups excluding carboxylic acids is 1. The molecule has 4 aromatic rings. The van der Waals surface area contributed by atoms with Crippen LogP contribution in [0.15, 0.2) is 67.0 Å². The number of pyridine rings is 1. The lowest BCUT2D eigenvalue weighted by Crippen LogP contribution is -2.47. The smallest absolute Gasteiger partial charge is 0.251 e. The summed E-state index contributed by atoms with van der Waals surface area (Å²) in [5.74, 6) is -0.117. The Labute approximate surface area is 209 Å². The zero-order valence-electron chi connectivity index (χ0n) is 20.2. The minimum absolute atomic E-state index is 0.0573. The molecular formula is C28H30N6O2. The van der Waals surface area contributed by atoms with Crippen molar-refractivity contribution in [2.45, 2.75) is 56.8 Å². The molecule has 1 aliphatic carbocycles. The van der Waals surface area contributed by atoms with Crippen LogP contribution >= 0.6 is 0 Å². The summed E-state index contributed by atoms with van der Waals surface area (Å²) in [6.45, 7) is 2.38. The van der Waals surface area contributed by atoms with Gasteiger partial charge in [0.05, 0.1) is 35.6 Å². The van der Waals surface area contributed by atoms with E-state index >= 15 is 0 Å². The first-order chi connectivity index (χ1) is 17.5. The Morgan fingerprint density at radius 3 is 3.00 bits per heavy atom. The summed E-state index contributed by atoms with van der Waals surface area (Å²) in [5, 5.41) is 20.2. The Morgan fingerprint density at radius 1 is 1.22 bits per heavy atom. The van der Waals surface area contributed by atoms with Crippen LogP contribution in [0.1, 0.15) is 58.9 Å². The quantitative estimate of drug-likeness (QED) is 0.344. The number of amides is 1. The van der Waals surface area contributed by atoms with Crippen molar-refractivity contribution in [1.82, 2.24) is 25.5 Å². The molecule has 36 heavy (non-hydrogen) atoms. The van der Waals surface area contributed by atoms with Gasteiger partial charge in [0, 0.05) is 34.4 Å². The Hall–Kier alpha value is -3.75. The van der Waals surface area contributed by atoms with Crippen LogP contribution in [0.5, 0.6) is 0 Å². The average Bonchev–Trinajstić information content (AvgIpc) is 3.48. The highest BCUT2D eigenvalue weighted by Gasteiger charge is 2.36. The molecule has 8 nitrogen and oxygen atoms in total. The lowest BCUT2D eigenvalue weighted by atomic mass is 9.81. The predicted molar refractivity (Wildman–Crippen MR) is 138 cm³/mol. The normalized spacial score (nSPS) is 23.3. The number of hydrazine groups is 1. The van der Waals surface area contributed by atoms with Crippen molar-refractivity contribution in [1.29, 1.82) is 0 Å². The highest BCUT2D eigenvalue weighted by molar-refractivity contribution is 5.95. The molecule has 3 heterocycles. The second-order valence-corrected chi connectivity index (χ2v) is 10.1. The summed E-state index contributed by atoms with van der Waals surface area (Å²) in [4.78, 5) is 17.5. The number of nitrogens with zero attached hydrogens (tertiary/aromatic N) is 3. The van der Waals surface area contributed by atoms with Gasteiger partial charge in [-0.05, 0) is 74.6 Å². The van der Waals surface area contributed by atoms with Gasteiger partial charge >= 0.3 is 0 Å². The fourth-order valence-corrected chi connectivity index (χ4v) is 5.60. The molecule has 0 saturated heterocycles. The molecule has 1 fully saturated rings. The number of hydrogen-bond acceptors (Lipinski definition) is 6. The van der Waals surface area contributed by atoms with Gasteiger partial charge in [-0.2, -0.15) is 5.10 Å². The molecule has 4 N–H and O–H groups in total. The molecule has 8 heteroatoms. The lowest BCUT2D eigenvalue weighted by molar-refractivity contribution is -0.0227. The molecule has 6 rings (SSSR count). The molecule has 184 valence electrons. The van der Waals surface area contributed by atoms with Gasteiger partial charge in [-0.15, -0.1) is 0 Å². The van der Waals surface area contributed by atoms with Gasteiger partial charge in [0.15, 0.2) is 0 Å². The van der Waals surface area contributed by atoms with E-state index in [1.165, 1.54) is 0 Å². The molecule has 0 spiro atoms. The third-order valence-electron chi connectivity index (χ3n) is 7.38. The molecule has 2 aliphatic rings. The maximum atomic E-state index is 13.3. The van der Waals surface area contributed by atoms with Gasteiger partial charge in [0.2, 0.25) is 0 Å². The van der Waals surface area contributed by atoms with Gasteiger partial charge in [-0.25, -0.2) is 5.43 Å². The average molecular weight is 483 g/mol. The highest BCUT2D eigenvalue weighted by atomic mass is 16.3. The number of carbonyl (C=O) groups is 1. The fourth-order valence-electron chi connectivity index (χ4n) is 5.60. The molecule has 0 bridgehead atoms. The SMILES string of the molecule is Cc1cc(C2NNc3ccc(C(=O)NC4CCCC(O)(Cn5ncc6ccccc65)C4)cc32)ccn1. The summed E-state index contributed by atoms with van der Waals surface area (Å²) >= 11 is 0. The number of hydrogen-bond donors (Lipinski definition) is 4. The number of rotatable bonds is 5. The maximum Gasteiger partial charge on any atom is 0.251 e. The van der Waals surface area contributed by atoms with Crippen molar-refractivity contribution in [2.75, 3.05) is 5.43 Å². The number of benzene rings is 2. The zero-order valence-corrected chi connectivity index (χ0v) is 20.2. The van der Waals surface area contributed by atoms with Gasteiger partial charge in [-0.1, -0.05) is 18.2 Å². The van der Waals surface area contributed by atoms with E-state index in [0.717, 1.165) is 46.3 Å². The van der Waals surface area contributed by atoms with Crippen molar-refractivity contribution >= 4 is 22.5 Å². The number of fused-ring (bicyclic) bond motifs is 2. The third kappa shape index (κ3) is 4.34. The van der Waals surface area contributed by atoms with E-state index in [-0.39, 0.29) is 18.0 Å². The maximum absolute atomic E-state index is 13.3. The Balaban J connectivity index is 1.16. The molecule has 3 atom stereocenters. The van der Waals surface area contributed by atoms with Gasteiger partial charge in [0.1, 0.15) is 0 Å². The van der Waals surface area contributed by atoms with Crippen molar-refractivity contribution in [2.24, 2.45) is 0 Å². The van der Waals surface area contributed by atoms with E-state index in [9.17, 15) is 9.90 Å². The number of nitrogens with one attached hydrogen (secondary N) is 3. The first kappa shape index (κ1) is 22.7. The van der Waals surface area contributed by atoms with Crippen LogP contribution in [-0.2, 0) is 6.54 Å². The van der Waals surface area contributed by atoms with E-state index in [0.29, 0.717) is 24.9 Å². The first-order valence-electron chi connectivity index (χ1n) is 12.5. The molecule has 2 aromatic carbocycles. The van der Waals surface area contributed by atoms with E-state index in [1.807, 2.05) is 72.4 Å². The predicted octanol–water partition coefficient (Wildman–Crippen LogP) is 3.86. The molecule has 2 aromatic heterocycles. The molecule has 0 radical (unpaired) electrons. The van der Waals surface area contributed by atoms with Crippen molar-refractivity contribution in [3.8, 4) is 0 Å². The standard InChI is InChI=1S/C28H30N6O2/c1-18-13-19(10-12-29-18)26-23-14-20(8-9-24(23)32-33-26)27(35)31-22-6-4-11-28(36,15-22)17-34-25-7-3-2-5-21(25)16-30-34/h2-3,5,7-10,12-14,16,22,26,32-33,36H,4,6,11,15,17H2,1H3,(H,31,35). The topological polar surface area (TPSA) is 104 Å². The van der Waals surface area contributed by atoms with E-state index in [4.69, 9.17) is 0 Å². The summed E-state index contributed by atoms with van der Waals surface area (Å²) in [7, 11) is 0. The molecular weight excluding hydrogens is 452 g/mol. The Morgan fingerprint density at radius 2 is 2.11 bits per heavy atom. The van der Waals surface area contributed by atoms with Crippen LogP contribution in [0.2, 0.25) is 0 Å². The largest absolute Gasteiger partial charge is 0.388 e.